The SMILES string of the molecule is CC(=O)c1ccc(N2CCN(C(=O)c3csc(-c4ccc(F)cc4)n3)CC2)c(F)c1. The predicted molar refractivity (Wildman–Crippen MR) is 112 cm³/mol. The van der Waals surface area contributed by atoms with Crippen molar-refractivity contribution in [1.29, 1.82) is 0 Å². The third kappa shape index (κ3) is 4.09. The van der Waals surface area contributed by atoms with E-state index in [1.165, 1.54) is 36.5 Å². The van der Waals surface area contributed by atoms with Crippen molar-refractivity contribution >= 4 is 28.7 Å². The van der Waals surface area contributed by atoms with Gasteiger partial charge in [0.25, 0.3) is 5.91 Å². The van der Waals surface area contributed by atoms with E-state index in [0.717, 1.165) is 5.56 Å². The Bertz CT molecular complexity index is 1090. The Hall–Kier alpha value is -3.13. The summed E-state index contributed by atoms with van der Waals surface area (Å²) < 4.78 is 27.5. The molecule has 8 heteroatoms. The zero-order valence-electron chi connectivity index (χ0n) is 16.3. The van der Waals surface area contributed by atoms with E-state index in [2.05, 4.69) is 4.98 Å². The smallest absolute Gasteiger partial charge is 0.273 e. The fourth-order valence-corrected chi connectivity index (χ4v) is 4.19. The van der Waals surface area contributed by atoms with Gasteiger partial charge < -0.3 is 9.80 Å². The maximum absolute atomic E-state index is 14.4. The summed E-state index contributed by atoms with van der Waals surface area (Å²) in [5.41, 5.74) is 1.88. The second-order valence-electron chi connectivity index (χ2n) is 7.05. The highest BCUT2D eigenvalue weighted by Crippen LogP contribution is 2.26. The second-order valence-corrected chi connectivity index (χ2v) is 7.90. The Morgan fingerprint density at radius 2 is 1.70 bits per heavy atom. The van der Waals surface area contributed by atoms with E-state index in [1.54, 1.807) is 34.5 Å². The number of carbonyl (C=O) groups is 2. The third-order valence-corrected chi connectivity index (χ3v) is 5.97. The lowest BCUT2D eigenvalue weighted by Gasteiger charge is -2.36. The van der Waals surface area contributed by atoms with Crippen molar-refractivity contribution in [3.63, 3.8) is 0 Å². The Balaban J connectivity index is 1.41. The Morgan fingerprint density at radius 1 is 1.00 bits per heavy atom. The molecule has 0 unspecified atom stereocenters. The van der Waals surface area contributed by atoms with Crippen LogP contribution in [0.3, 0.4) is 0 Å². The van der Waals surface area contributed by atoms with Crippen LogP contribution in [0.2, 0.25) is 0 Å². The molecule has 1 saturated heterocycles. The molecule has 2 heterocycles. The molecule has 2 aromatic carbocycles. The van der Waals surface area contributed by atoms with Gasteiger partial charge in [0.05, 0.1) is 5.69 Å². The first-order chi connectivity index (χ1) is 14.4. The highest BCUT2D eigenvalue weighted by atomic mass is 32.1. The molecule has 1 aromatic heterocycles. The zero-order chi connectivity index (χ0) is 21.3. The summed E-state index contributed by atoms with van der Waals surface area (Å²) in [6.07, 6.45) is 0. The molecule has 0 bridgehead atoms. The number of hydrogen-bond donors (Lipinski definition) is 0. The van der Waals surface area contributed by atoms with Gasteiger partial charge in [-0.3, -0.25) is 9.59 Å². The molecule has 1 aliphatic heterocycles. The molecule has 0 N–H and O–H groups in total. The molecule has 1 aliphatic rings. The number of aromatic nitrogens is 1. The molecule has 30 heavy (non-hydrogen) atoms. The van der Waals surface area contributed by atoms with Crippen LogP contribution >= 0.6 is 11.3 Å². The summed E-state index contributed by atoms with van der Waals surface area (Å²) in [6.45, 7) is 3.25. The number of halogens is 2. The van der Waals surface area contributed by atoms with E-state index >= 15 is 0 Å². The van der Waals surface area contributed by atoms with Gasteiger partial charge in [0.2, 0.25) is 0 Å². The van der Waals surface area contributed by atoms with Crippen molar-refractivity contribution in [2.45, 2.75) is 6.92 Å². The molecule has 1 fully saturated rings. The number of piperazine rings is 1. The highest BCUT2D eigenvalue weighted by Gasteiger charge is 2.25. The van der Waals surface area contributed by atoms with Gasteiger partial charge in [-0.05, 0) is 49.4 Å². The molecule has 0 aliphatic carbocycles. The van der Waals surface area contributed by atoms with Crippen LogP contribution in [0.5, 0.6) is 0 Å². The largest absolute Gasteiger partial charge is 0.366 e. The fourth-order valence-electron chi connectivity index (χ4n) is 3.39. The summed E-state index contributed by atoms with van der Waals surface area (Å²) in [5, 5.41) is 2.36. The topological polar surface area (TPSA) is 53.5 Å². The first-order valence-electron chi connectivity index (χ1n) is 9.48. The Kier molecular flexibility index (Phi) is 5.59. The van der Waals surface area contributed by atoms with Crippen molar-refractivity contribution in [1.82, 2.24) is 9.88 Å². The normalized spacial score (nSPS) is 14.1. The standard InChI is InChI=1S/C22H19F2N3O2S/c1-14(28)16-4-7-20(18(24)12-16)26-8-10-27(11-9-26)22(29)19-13-30-21(25-19)15-2-5-17(23)6-3-15/h2-7,12-13H,8-11H2,1H3. The molecule has 0 saturated carbocycles. The number of thiazole rings is 1. The monoisotopic (exact) mass is 427 g/mol. The average Bonchev–Trinajstić information content (AvgIpc) is 3.24. The fraction of sp³-hybridized carbons (Fsp3) is 0.227. The molecular weight excluding hydrogens is 408 g/mol. The highest BCUT2D eigenvalue weighted by molar-refractivity contribution is 7.13. The molecule has 1 amide bonds. The Morgan fingerprint density at radius 3 is 2.33 bits per heavy atom. The van der Waals surface area contributed by atoms with Gasteiger partial charge in [-0.2, -0.15) is 0 Å². The minimum Gasteiger partial charge on any atom is -0.366 e. The second kappa shape index (κ2) is 8.31. The lowest BCUT2D eigenvalue weighted by molar-refractivity contribution is 0.0741. The van der Waals surface area contributed by atoms with Gasteiger partial charge in [0.15, 0.2) is 5.78 Å². The zero-order valence-corrected chi connectivity index (χ0v) is 17.1. The van der Waals surface area contributed by atoms with Gasteiger partial charge in [-0.1, -0.05) is 0 Å². The lowest BCUT2D eigenvalue weighted by Crippen LogP contribution is -2.49. The van der Waals surface area contributed by atoms with Crippen LogP contribution < -0.4 is 4.90 Å². The number of ketones is 1. The summed E-state index contributed by atoms with van der Waals surface area (Å²) in [5.74, 6) is -1.12. The maximum atomic E-state index is 14.4. The summed E-state index contributed by atoms with van der Waals surface area (Å²) >= 11 is 1.34. The van der Waals surface area contributed by atoms with Crippen molar-refractivity contribution in [2.75, 3.05) is 31.1 Å². The first kappa shape index (κ1) is 20.2. The maximum Gasteiger partial charge on any atom is 0.273 e. The first-order valence-corrected chi connectivity index (χ1v) is 10.4. The molecule has 0 radical (unpaired) electrons. The van der Waals surface area contributed by atoms with Crippen LogP contribution in [0.15, 0.2) is 47.8 Å². The van der Waals surface area contributed by atoms with Crippen LogP contribution in [0.25, 0.3) is 10.6 Å². The van der Waals surface area contributed by atoms with Crippen LogP contribution in [-0.2, 0) is 0 Å². The number of anilines is 1. The number of amides is 1. The van der Waals surface area contributed by atoms with Crippen molar-refractivity contribution in [3.05, 3.63) is 70.7 Å². The van der Waals surface area contributed by atoms with Crippen LogP contribution in [0, 0.1) is 11.6 Å². The number of benzene rings is 2. The van der Waals surface area contributed by atoms with Crippen LogP contribution in [0.4, 0.5) is 14.5 Å². The van der Waals surface area contributed by atoms with Gasteiger partial charge in [0, 0.05) is 42.7 Å². The molecular formula is C22H19F2N3O2S. The lowest BCUT2D eigenvalue weighted by atomic mass is 10.1. The predicted octanol–water partition coefficient (Wildman–Crippen LogP) is 4.25. The summed E-state index contributed by atoms with van der Waals surface area (Å²) in [6, 6.07) is 10.5. The number of nitrogens with zero attached hydrogens (tertiary/aromatic N) is 3. The van der Waals surface area contributed by atoms with Gasteiger partial charge in [0.1, 0.15) is 22.3 Å². The van der Waals surface area contributed by atoms with E-state index in [-0.39, 0.29) is 17.5 Å². The number of Topliss-reactive ketones (excluding diaryl/α,β-unsaturated/α-hetero) is 1. The number of carbonyl (C=O) groups excluding carboxylic acids is 2. The number of hydrogen-bond acceptors (Lipinski definition) is 5. The Labute approximate surface area is 176 Å². The van der Waals surface area contributed by atoms with Crippen molar-refractivity contribution < 1.29 is 18.4 Å². The average molecular weight is 427 g/mol. The van der Waals surface area contributed by atoms with Gasteiger partial charge in [-0.15, -0.1) is 11.3 Å². The minimum absolute atomic E-state index is 0.174. The summed E-state index contributed by atoms with van der Waals surface area (Å²) in [7, 11) is 0. The molecule has 4 rings (SSSR count). The summed E-state index contributed by atoms with van der Waals surface area (Å²) in [4.78, 5) is 32.2. The third-order valence-electron chi connectivity index (χ3n) is 5.08. The molecule has 154 valence electrons. The van der Waals surface area contributed by atoms with E-state index < -0.39 is 5.82 Å². The van der Waals surface area contributed by atoms with Crippen LogP contribution in [0.1, 0.15) is 27.8 Å². The molecule has 0 atom stereocenters. The molecule has 3 aromatic rings. The molecule has 0 spiro atoms. The van der Waals surface area contributed by atoms with E-state index in [4.69, 9.17) is 0 Å². The van der Waals surface area contributed by atoms with Gasteiger partial charge >= 0.3 is 0 Å². The van der Waals surface area contributed by atoms with Crippen molar-refractivity contribution in [3.8, 4) is 10.6 Å². The molecule has 5 nitrogen and oxygen atoms in total. The quantitative estimate of drug-likeness (QED) is 0.584. The van der Waals surface area contributed by atoms with E-state index in [9.17, 15) is 18.4 Å². The number of rotatable bonds is 4. The van der Waals surface area contributed by atoms with E-state index in [0.29, 0.717) is 48.1 Å². The minimum atomic E-state index is -0.439. The van der Waals surface area contributed by atoms with E-state index in [1.807, 2.05) is 4.90 Å². The van der Waals surface area contributed by atoms with Crippen LogP contribution in [-0.4, -0.2) is 47.8 Å². The van der Waals surface area contributed by atoms with Crippen molar-refractivity contribution in [2.24, 2.45) is 0 Å². The van der Waals surface area contributed by atoms with Gasteiger partial charge in [-0.25, -0.2) is 13.8 Å².